The molecule has 3 heterocycles. The van der Waals surface area contributed by atoms with Crippen LogP contribution in [-0.4, -0.2) is 27.4 Å². The number of nitrogens with zero attached hydrogens (tertiary/aromatic N) is 3. The Balaban J connectivity index is 1.49. The van der Waals surface area contributed by atoms with Crippen LogP contribution in [-0.2, 0) is 30.8 Å². The van der Waals surface area contributed by atoms with E-state index in [1.165, 1.54) is 5.69 Å². The van der Waals surface area contributed by atoms with Crippen LogP contribution in [0.15, 0.2) is 10.6 Å². The van der Waals surface area contributed by atoms with Crippen LogP contribution in [0.2, 0.25) is 0 Å². The summed E-state index contributed by atoms with van der Waals surface area (Å²) in [6.07, 6.45) is 2.16. The van der Waals surface area contributed by atoms with Gasteiger partial charge in [-0.3, -0.25) is 9.48 Å². The van der Waals surface area contributed by atoms with Crippen molar-refractivity contribution in [3.8, 4) is 0 Å². The minimum Gasteiger partial charge on any atom is -0.361 e. The molecule has 0 saturated carbocycles. The van der Waals surface area contributed by atoms with E-state index in [1.54, 1.807) is 0 Å². The van der Waals surface area contributed by atoms with Gasteiger partial charge in [-0.15, -0.1) is 0 Å². The smallest absolute Gasteiger partial charge is 0.220 e. The third-order valence-electron chi connectivity index (χ3n) is 4.19. The van der Waals surface area contributed by atoms with Crippen LogP contribution < -0.4 is 10.6 Å². The van der Waals surface area contributed by atoms with Crippen LogP contribution >= 0.6 is 0 Å². The van der Waals surface area contributed by atoms with Crippen LogP contribution in [0, 0.1) is 13.8 Å². The van der Waals surface area contributed by atoms with Gasteiger partial charge >= 0.3 is 0 Å². The van der Waals surface area contributed by atoms with Gasteiger partial charge in [0.05, 0.1) is 23.6 Å². The molecule has 3 rings (SSSR count). The van der Waals surface area contributed by atoms with E-state index in [-0.39, 0.29) is 5.91 Å². The summed E-state index contributed by atoms with van der Waals surface area (Å²) >= 11 is 0. The van der Waals surface area contributed by atoms with E-state index in [2.05, 4.69) is 27.0 Å². The van der Waals surface area contributed by atoms with Gasteiger partial charge in [0.2, 0.25) is 5.91 Å². The molecule has 0 radical (unpaired) electrons. The highest BCUT2D eigenvalue weighted by Gasteiger charge is 2.13. The average molecular weight is 317 g/mol. The van der Waals surface area contributed by atoms with Crippen molar-refractivity contribution in [1.82, 2.24) is 25.6 Å². The van der Waals surface area contributed by atoms with Crippen LogP contribution in [0.3, 0.4) is 0 Å². The van der Waals surface area contributed by atoms with E-state index in [4.69, 9.17) is 4.52 Å². The maximum Gasteiger partial charge on any atom is 0.220 e. The van der Waals surface area contributed by atoms with E-state index in [9.17, 15) is 4.79 Å². The summed E-state index contributed by atoms with van der Waals surface area (Å²) in [6, 6.07) is 2.06. The van der Waals surface area contributed by atoms with Crippen molar-refractivity contribution in [3.05, 3.63) is 34.5 Å². The largest absolute Gasteiger partial charge is 0.361 e. The summed E-state index contributed by atoms with van der Waals surface area (Å²) in [5.74, 6) is 0.812. The Kier molecular flexibility index (Phi) is 4.76. The lowest BCUT2D eigenvalue weighted by Crippen LogP contribution is -2.23. The van der Waals surface area contributed by atoms with Gasteiger partial charge in [-0.25, -0.2) is 0 Å². The lowest BCUT2D eigenvalue weighted by Gasteiger charge is -2.03. The second-order valence-electron chi connectivity index (χ2n) is 5.96. The zero-order chi connectivity index (χ0) is 16.2. The van der Waals surface area contributed by atoms with Crippen molar-refractivity contribution in [3.63, 3.8) is 0 Å². The van der Waals surface area contributed by atoms with Crippen LogP contribution in [0.5, 0.6) is 0 Å². The molecule has 1 aliphatic rings. The molecule has 7 nitrogen and oxygen atoms in total. The zero-order valence-corrected chi connectivity index (χ0v) is 13.7. The number of fused-ring (bicyclic) bond motifs is 1. The highest BCUT2D eigenvalue weighted by molar-refractivity contribution is 5.76. The molecular weight excluding hydrogens is 294 g/mol. The van der Waals surface area contributed by atoms with Gasteiger partial charge in [-0.05, 0) is 39.3 Å². The zero-order valence-electron chi connectivity index (χ0n) is 13.7. The number of hydrogen-bond acceptors (Lipinski definition) is 5. The van der Waals surface area contributed by atoms with Crippen molar-refractivity contribution in [2.24, 2.45) is 0 Å². The first kappa shape index (κ1) is 15.7. The Morgan fingerprint density at radius 3 is 3.13 bits per heavy atom. The fourth-order valence-electron chi connectivity index (χ4n) is 2.88. The SMILES string of the molecule is Cc1noc(C)c1CCC(=O)NCc1cc2n(n1)CCCNC2. The monoisotopic (exact) mass is 317 g/mol. The number of nitrogens with one attached hydrogen (secondary N) is 2. The molecule has 2 aromatic heterocycles. The van der Waals surface area contributed by atoms with Gasteiger partial charge in [-0.1, -0.05) is 5.16 Å². The third kappa shape index (κ3) is 3.79. The Bertz CT molecular complexity index is 646. The van der Waals surface area contributed by atoms with Gasteiger partial charge in [0.1, 0.15) is 5.76 Å². The normalized spacial score (nSPS) is 14.3. The van der Waals surface area contributed by atoms with Gasteiger partial charge in [0.25, 0.3) is 0 Å². The molecule has 0 aliphatic carbocycles. The molecule has 1 aliphatic heterocycles. The summed E-state index contributed by atoms with van der Waals surface area (Å²) in [7, 11) is 0. The maximum absolute atomic E-state index is 12.0. The molecule has 2 N–H and O–H groups in total. The lowest BCUT2D eigenvalue weighted by atomic mass is 10.1. The maximum atomic E-state index is 12.0. The van der Waals surface area contributed by atoms with Crippen LogP contribution in [0.25, 0.3) is 0 Å². The molecule has 0 saturated heterocycles. The Labute approximate surface area is 135 Å². The highest BCUT2D eigenvalue weighted by atomic mass is 16.5. The van der Waals surface area contributed by atoms with E-state index in [0.29, 0.717) is 19.4 Å². The standard InChI is InChI=1S/C16H23N5O2/c1-11-15(12(2)23-20-11)4-5-16(22)18-9-13-8-14-10-17-6-3-7-21(14)19-13/h8,17H,3-7,9-10H2,1-2H3,(H,18,22). The second-order valence-corrected chi connectivity index (χ2v) is 5.96. The quantitative estimate of drug-likeness (QED) is 0.866. The van der Waals surface area contributed by atoms with E-state index >= 15 is 0 Å². The summed E-state index contributed by atoms with van der Waals surface area (Å²) < 4.78 is 7.15. The summed E-state index contributed by atoms with van der Waals surface area (Å²) in [6.45, 7) is 7.04. The molecule has 2 aromatic rings. The Morgan fingerprint density at radius 2 is 2.35 bits per heavy atom. The van der Waals surface area contributed by atoms with Crippen LogP contribution in [0.1, 0.15) is 41.2 Å². The van der Waals surface area contributed by atoms with E-state index in [1.807, 2.05) is 18.5 Å². The Morgan fingerprint density at radius 1 is 1.48 bits per heavy atom. The van der Waals surface area contributed by atoms with Gasteiger partial charge in [0.15, 0.2) is 0 Å². The summed E-state index contributed by atoms with van der Waals surface area (Å²) in [4.78, 5) is 12.0. The second kappa shape index (κ2) is 6.95. The number of amides is 1. The van der Waals surface area contributed by atoms with Gasteiger partial charge in [-0.2, -0.15) is 5.10 Å². The van der Waals surface area contributed by atoms with Crippen LogP contribution in [0.4, 0.5) is 0 Å². The fraction of sp³-hybridized carbons (Fsp3) is 0.562. The fourth-order valence-corrected chi connectivity index (χ4v) is 2.88. The first-order valence-electron chi connectivity index (χ1n) is 8.08. The molecule has 23 heavy (non-hydrogen) atoms. The summed E-state index contributed by atoms with van der Waals surface area (Å²) in [5.41, 5.74) is 3.98. The lowest BCUT2D eigenvalue weighted by molar-refractivity contribution is -0.121. The molecule has 0 fully saturated rings. The Hall–Kier alpha value is -2.15. The topological polar surface area (TPSA) is 85.0 Å². The van der Waals surface area contributed by atoms with Crippen molar-refractivity contribution in [1.29, 1.82) is 0 Å². The van der Waals surface area contributed by atoms with Crippen molar-refractivity contribution in [2.75, 3.05) is 6.54 Å². The number of carbonyl (C=O) groups excluding carboxylic acids is 1. The van der Waals surface area contributed by atoms with Crippen molar-refractivity contribution in [2.45, 2.75) is 52.7 Å². The van der Waals surface area contributed by atoms with E-state index in [0.717, 1.165) is 48.8 Å². The van der Waals surface area contributed by atoms with Crippen molar-refractivity contribution < 1.29 is 9.32 Å². The minimum atomic E-state index is 0.0197. The predicted molar refractivity (Wildman–Crippen MR) is 84.7 cm³/mol. The molecule has 1 amide bonds. The minimum absolute atomic E-state index is 0.0197. The highest BCUT2D eigenvalue weighted by Crippen LogP contribution is 2.14. The predicted octanol–water partition coefficient (Wildman–Crippen LogP) is 1.23. The van der Waals surface area contributed by atoms with Gasteiger partial charge in [0, 0.05) is 25.1 Å². The van der Waals surface area contributed by atoms with Crippen molar-refractivity contribution >= 4 is 5.91 Å². The molecule has 0 spiro atoms. The number of rotatable bonds is 5. The molecule has 124 valence electrons. The number of aromatic nitrogens is 3. The molecular formula is C16H23N5O2. The molecule has 0 aromatic carbocycles. The number of carbonyl (C=O) groups is 1. The molecule has 0 unspecified atom stereocenters. The summed E-state index contributed by atoms with van der Waals surface area (Å²) in [5, 5.41) is 14.8. The molecule has 7 heteroatoms. The number of hydrogen-bond donors (Lipinski definition) is 2. The average Bonchev–Trinajstić information content (AvgIpc) is 2.99. The first-order valence-corrected chi connectivity index (χ1v) is 8.08. The van der Waals surface area contributed by atoms with Gasteiger partial charge < -0.3 is 15.2 Å². The number of aryl methyl sites for hydroxylation is 3. The molecule has 0 bridgehead atoms. The van der Waals surface area contributed by atoms with E-state index < -0.39 is 0 Å². The third-order valence-corrected chi connectivity index (χ3v) is 4.19. The molecule has 0 atom stereocenters. The first-order chi connectivity index (χ1) is 11.1.